The van der Waals surface area contributed by atoms with Gasteiger partial charge in [0.05, 0.1) is 16.9 Å². The van der Waals surface area contributed by atoms with Crippen LogP contribution in [-0.2, 0) is 0 Å². The molecule has 0 saturated carbocycles. The van der Waals surface area contributed by atoms with E-state index >= 15 is 0 Å². The van der Waals surface area contributed by atoms with E-state index in [1.807, 2.05) is 0 Å². The Morgan fingerprint density at radius 2 is 2.33 bits per heavy atom. The Morgan fingerprint density at radius 3 is 3.00 bits per heavy atom. The molecule has 0 aromatic carbocycles. The fraction of sp³-hybridized carbons (Fsp3) is 0.364. The average molecular weight is 224 g/mol. The third-order valence-corrected chi connectivity index (χ3v) is 2.76. The molecule has 1 aliphatic carbocycles. The van der Waals surface area contributed by atoms with Crippen molar-refractivity contribution in [2.75, 3.05) is 11.1 Å². The first-order chi connectivity index (χ1) is 7.25. The quantitative estimate of drug-likeness (QED) is 0.759. The minimum absolute atomic E-state index is 0.434. The third kappa shape index (κ3) is 2.63. The molecule has 0 saturated heterocycles. The number of aromatic nitrogens is 1. The van der Waals surface area contributed by atoms with Crippen molar-refractivity contribution < 1.29 is 0 Å². The van der Waals surface area contributed by atoms with E-state index in [-0.39, 0.29) is 0 Å². The lowest BCUT2D eigenvalue weighted by atomic mass is 10.0. The molecule has 0 bridgehead atoms. The standard InChI is InChI=1S/C11H14ClN3/c12-10-6-8(13)7-14-11(10)15-9-4-2-1-3-5-9/h1-2,6-7,9H,3-5,13H2,(H,14,15). The summed E-state index contributed by atoms with van der Waals surface area (Å²) in [4.78, 5) is 4.18. The smallest absolute Gasteiger partial charge is 0.145 e. The topological polar surface area (TPSA) is 50.9 Å². The molecule has 0 radical (unpaired) electrons. The molecule has 1 aliphatic rings. The molecule has 1 atom stereocenters. The lowest BCUT2D eigenvalue weighted by molar-refractivity contribution is 0.642. The molecule has 0 amide bonds. The van der Waals surface area contributed by atoms with Gasteiger partial charge in [-0.15, -0.1) is 0 Å². The molecule has 2 rings (SSSR count). The van der Waals surface area contributed by atoms with Crippen LogP contribution >= 0.6 is 11.6 Å². The number of halogens is 1. The van der Waals surface area contributed by atoms with E-state index in [9.17, 15) is 0 Å². The molecule has 0 aliphatic heterocycles. The largest absolute Gasteiger partial charge is 0.397 e. The van der Waals surface area contributed by atoms with E-state index in [0.717, 1.165) is 25.1 Å². The van der Waals surface area contributed by atoms with Crippen molar-refractivity contribution in [2.45, 2.75) is 25.3 Å². The van der Waals surface area contributed by atoms with E-state index < -0.39 is 0 Å². The van der Waals surface area contributed by atoms with Crippen molar-refractivity contribution in [3.05, 3.63) is 29.4 Å². The van der Waals surface area contributed by atoms with Crippen molar-refractivity contribution in [1.29, 1.82) is 0 Å². The molecule has 3 N–H and O–H groups in total. The molecule has 3 nitrogen and oxygen atoms in total. The lowest BCUT2D eigenvalue weighted by Crippen LogP contribution is -2.21. The summed E-state index contributed by atoms with van der Waals surface area (Å²) in [5.41, 5.74) is 6.17. The number of rotatable bonds is 2. The SMILES string of the molecule is Nc1cnc(NC2CC=CCC2)c(Cl)c1. The Labute approximate surface area is 94.3 Å². The third-order valence-electron chi connectivity index (χ3n) is 2.47. The molecule has 1 aromatic rings. The molecular weight excluding hydrogens is 210 g/mol. The highest BCUT2D eigenvalue weighted by molar-refractivity contribution is 6.33. The van der Waals surface area contributed by atoms with Crippen LogP contribution in [-0.4, -0.2) is 11.0 Å². The van der Waals surface area contributed by atoms with Crippen LogP contribution in [0.15, 0.2) is 24.4 Å². The predicted molar refractivity (Wildman–Crippen MR) is 64.1 cm³/mol. The minimum Gasteiger partial charge on any atom is -0.397 e. The van der Waals surface area contributed by atoms with E-state index in [2.05, 4.69) is 22.5 Å². The maximum absolute atomic E-state index is 6.03. The maximum Gasteiger partial charge on any atom is 0.145 e. The number of nitrogens with one attached hydrogen (secondary N) is 1. The molecule has 1 aromatic heterocycles. The monoisotopic (exact) mass is 223 g/mol. The van der Waals surface area contributed by atoms with Crippen LogP contribution in [0.2, 0.25) is 5.02 Å². The predicted octanol–water partition coefficient (Wildman–Crippen LogP) is 2.84. The zero-order valence-electron chi connectivity index (χ0n) is 8.41. The van der Waals surface area contributed by atoms with Crippen LogP contribution in [0.5, 0.6) is 0 Å². The number of pyridine rings is 1. The van der Waals surface area contributed by atoms with Crippen LogP contribution < -0.4 is 11.1 Å². The fourth-order valence-electron chi connectivity index (χ4n) is 1.68. The van der Waals surface area contributed by atoms with Gasteiger partial charge in [-0.3, -0.25) is 0 Å². The summed E-state index contributed by atoms with van der Waals surface area (Å²) < 4.78 is 0. The number of anilines is 2. The van der Waals surface area contributed by atoms with Crippen LogP contribution in [0.3, 0.4) is 0 Å². The van der Waals surface area contributed by atoms with Gasteiger partial charge in [0.2, 0.25) is 0 Å². The number of hydrogen-bond acceptors (Lipinski definition) is 3. The Kier molecular flexibility index (Phi) is 3.11. The second-order valence-electron chi connectivity index (χ2n) is 3.72. The summed E-state index contributed by atoms with van der Waals surface area (Å²) in [6.07, 6.45) is 9.28. The van der Waals surface area contributed by atoms with Crippen LogP contribution in [0.25, 0.3) is 0 Å². The van der Waals surface area contributed by atoms with Crippen LogP contribution in [0.1, 0.15) is 19.3 Å². The first kappa shape index (κ1) is 10.3. The van der Waals surface area contributed by atoms with Gasteiger partial charge in [-0.05, 0) is 25.3 Å². The van der Waals surface area contributed by atoms with E-state index in [1.54, 1.807) is 12.3 Å². The van der Waals surface area contributed by atoms with Crippen LogP contribution in [0.4, 0.5) is 11.5 Å². The molecule has 80 valence electrons. The van der Waals surface area contributed by atoms with Gasteiger partial charge >= 0.3 is 0 Å². The fourth-order valence-corrected chi connectivity index (χ4v) is 1.91. The van der Waals surface area contributed by atoms with Crippen molar-refractivity contribution >= 4 is 23.1 Å². The van der Waals surface area contributed by atoms with E-state index in [0.29, 0.717) is 16.8 Å². The summed E-state index contributed by atoms with van der Waals surface area (Å²) in [6, 6.07) is 2.15. The molecule has 1 unspecified atom stereocenters. The summed E-state index contributed by atoms with van der Waals surface area (Å²) in [7, 11) is 0. The van der Waals surface area contributed by atoms with Gasteiger partial charge in [0.1, 0.15) is 5.82 Å². The zero-order chi connectivity index (χ0) is 10.7. The van der Waals surface area contributed by atoms with Crippen LogP contribution in [0, 0.1) is 0 Å². The highest BCUT2D eigenvalue weighted by Gasteiger charge is 2.11. The highest BCUT2D eigenvalue weighted by atomic mass is 35.5. The first-order valence-corrected chi connectivity index (χ1v) is 5.46. The zero-order valence-corrected chi connectivity index (χ0v) is 9.17. The lowest BCUT2D eigenvalue weighted by Gasteiger charge is -2.20. The number of allylic oxidation sites excluding steroid dienone is 1. The van der Waals surface area contributed by atoms with E-state index in [4.69, 9.17) is 17.3 Å². The van der Waals surface area contributed by atoms with Crippen molar-refractivity contribution in [3.63, 3.8) is 0 Å². The van der Waals surface area contributed by atoms with Gasteiger partial charge in [0.15, 0.2) is 0 Å². The molecule has 4 heteroatoms. The molecule has 0 fully saturated rings. The Morgan fingerprint density at radius 1 is 1.47 bits per heavy atom. The molecule has 1 heterocycles. The Balaban J connectivity index is 2.06. The van der Waals surface area contributed by atoms with Gasteiger partial charge in [-0.2, -0.15) is 0 Å². The number of nitrogen functional groups attached to an aromatic ring is 1. The van der Waals surface area contributed by atoms with Crippen molar-refractivity contribution in [2.24, 2.45) is 0 Å². The summed E-state index contributed by atoms with van der Waals surface area (Å²) in [6.45, 7) is 0. The van der Waals surface area contributed by atoms with Crippen molar-refractivity contribution in [1.82, 2.24) is 4.98 Å². The Hall–Kier alpha value is -1.22. The van der Waals surface area contributed by atoms with Crippen molar-refractivity contribution in [3.8, 4) is 0 Å². The summed E-state index contributed by atoms with van der Waals surface area (Å²) in [5.74, 6) is 0.728. The number of nitrogens with two attached hydrogens (primary N) is 1. The van der Waals surface area contributed by atoms with E-state index in [1.165, 1.54) is 0 Å². The number of hydrogen-bond donors (Lipinski definition) is 2. The second-order valence-corrected chi connectivity index (χ2v) is 4.13. The second kappa shape index (κ2) is 4.53. The summed E-state index contributed by atoms with van der Waals surface area (Å²) in [5, 5.41) is 3.91. The molecular formula is C11H14ClN3. The number of nitrogens with zero attached hydrogens (tertiary/aromatic N) is 1. The molecule has 0 spiro atoms. The van der Waals surface area contributed by atoms with Gasteiger partial charge in [-0.1, -0.05) is 23.8 Å². The van der Waals surface area contributed by atoms with Gasteiger partial charge < -0.3 is 11.1 Å². The maximum atomic E-state index is 6.03. The molecule has 15 heavy (non-hydrogen) atoms. The average Bonchev–Trinajstić information content (AvgIpc) is 2.24. The minimum atomic E-state index is 0.434. The van der Waals surface area contributed by atoms with Gasteiger partial charge in [0.25, 0.3) is 0 Å². The highest BCUT2D eigenvalue weighted by Crippen LogP contribution is 2.24. The first-order valence-electron chi connectivity index (χ1n) is 5.08. The summed E-state index contributed by atoms with van der Waals surface area (Å²) >= 11 is 6.03. The normalized spacial score (nSPS) is 20.2. The Bertz CT molecular complexity index is 376. The van der Waals surface area contributed by atoms with Gasteiger partial charge in [-0.25, -0.2) is 4.98 Å². The van der Waals surface area contributed by atoms with Gasteiger partial charge in [0, 0.05) is 6.04 Å².